The normalized spacial score (nSPS) is 13.3. The van der Waals surface area contributed by atoms with Crippen molar-refractivity contribution in [3.63, 3.8) is 0 Å². The molecule has 0 unspecified atom stereocenters. The molecule has 1 aromatic heterocycles. The number of nitrogens with one attached hydrogen (secondary N) is 1. The van der Waals surface area contributed by atoms with Gasteiger partial charge in [0.15, 0.2) is 0 Å². The molecule has 7 heteroatoms. The molecule has 0 radical (unpaired) electrons. The third-order valence-corrected chi connectivity index (χ3v) is 4.79. The summed E-state index contributed by atoms with van der Waals surface area (Å²) in [7, 11) is 0. The summed E-state index contributed by atoms with van der Waals surface area (Å²) in [4.78, 5) is 37.5. The lowest BCUT2D eigenvalue weighted by molar-refractivity contribution is -0.121. The van der Waals surface area contributed by atoms with Crippen LogP contribution in [-0.2, 0) is 11.3 Å². The van der Waals surface area contributed by atoms with Gasteiger partial charge < -0.3 is 5.32 Å². The van der Waals surface area contributed by atoms with Gasteiger partial charge in [0.05, 0.1) is 11.1 Å². The number of carbonyl (C=O) groups is 3. The van der Waals surface area contributed by atoms with Crippen LogP contribution in [0.25, 0.3) is 0 Å². The molecule has 0 spiro atoms. The van der Waals surface area contributed by atoms with Gasteiger partial charge in [-0.1, -0.05) is 15.9 Å². The molecule has 5 nitrogen and oxygen atoms in total. The number of halogens is 1. The third-order valence-electron chi connectivity index (χ3n) is 3.56. The van der Waals surface area contributed by atoms with Crippen LogP contribution in [0, 0.1) is 0 Å². The lowest BCUT2D eigenvalue weighted by atomic mass is 10.1. The van der Waals surface area contributed by atoms with Gasteiger partial charge in [0.1, 0.15) is 0 Å². The largest absolute Gasteiger partial charge is 0.352 e. The minimum absolute atomic E-state index is 0.0828. The van der Waals surface area contributed by atoms with Crippen molar-refractivity contribution in [1.82, 2.24) is 10.2 Å². The second-order valence-electron chi connectivity index (χ2n) is 5.11. The maximum absolute atomic E-state index is 12.3. The summed E-state index contributed by atoms with van der Waals surface area (Å²) in [5.41, 5.74) is 1.80. The molecule has 0 saturated heterocycles. The smallest absolute Gasteiger partial charge is 0.261 e. The quantitative estimate of drug-likeness (QED) is 0.795. The highest BCUT2D eigenvalue weighted by Crippen LogP contribution is 2.26. The molecular weight excluding hydrogens is 380 g/mol. The van der Waals surface area contributed by atoms with E-state index in [2.05, 4.69) is 21.2 Å². The van der Waals surface area contributed by atoms with E-state index in [9.17, 15) is 14.4 Å². The maximum Gasteiger partial charge on any atom is 0.261 e. The molecule has 1 aliphatic heterocycles. The van der Waals surface area contributed by atoms with Crippen LogP contribution in [0.2, 0.25) is 0 Å². The molecule has 0 aliphatic carbocycles. The molecule has 0 saturated carbocycles. The highest BCUT2D eigenvalue weighted by molar-refractivity contribution is 9.10. The molecular formula is C16H13BrN2O3S. The zero-order valence-corrected chi connectivity index (χ0v) is 14.4. The van der Waals surface area contributed by atoms with E-state index in [1.807, 2.05) is 16.8 Å². The molecule has 2 aromatic rings. The first-order chi connectivity index (χ1) is 11.1. The fourth-order valence-electron chi connectivity index (χ4n) is 2.36. The summed E-state index contributed by atoms with van der Waals surface area (Å²) in [5.74, 6) is -0.881. The summed E-state index contributed by atoms with van der Waals surface area (Å²) in [5, 5.41) is 6.68. The summed E-state index contributed by atoms with van der Waals surface area (Å²) in [6.45, 7) is 0.539. The van der Waals surface area contributed by atoms with Gasteiger partial charge >= 0.3 is 0 Å². The van der Waals surface area contributed by atoms with E-state index in [4.69, 9.17) is 0 Å². The highest BCUT2D eigenvalue weighted by atomic mass is 79.9. The lowest BCUT2D eigenvalue weighted by Crippen LogP contribution is -2.34. The molecule has 3 rings (SSSR count). The van der Waals surface area contributed by atoms with Crippen molar-refractivity contribution in [2.45, 2.75) is 13.0 Å². The zero-order valence-electron chi connectivity index (χ0n) is 12.0. The van der Waals surface area contributed by atoms with Crippen LogP contribution in [-0.4, -0.2) is 29.2 Å². The van der Waals surface area contributed by atoms with Crippen LogP contribution in [0.4, 0.5) is 0 Å². The van der Waals surface area contributed by atoms with Crippen LogP contribution in [0.15, 0.2) is 39.5 Å². The Morgan fingerprint density at radius 3 is 2.70 bits per heavy atom. The van der Waals surface area contributed by atoms with Gasteiger partial charge in [-0.15, -0.1) is 0 Å². The average Bonchev–Trinajstić information content (AvgIpc) is 3.12. The van der Waals surface area contributed by atoms with Crippen molar-refractivity contribution in [1.29, 1.82) is 0 Å². The number of hydrogen-bond acceptors (Lipinski definition) is 4. The van der Waals surface area contributed by atoms with Gasteiger partial charge in [-0.3, -0.25) is 19.3 Å². The summed E-state index contributed by atoms with van der Waals surface area (Å²) in [6.07, 6.45) is 0.0940. The molecule has 118 valence electrons. The van der Waals surface area contributed by atoms with Gasteiger partial charge in [-0.05, 0) is 40.6 Å². The summed E-state index contributed by atoms with van der Waals surface area (Å²) < 4.78 is 0.743. The predicted octanol–water partition coefficient (Wildman–Crippen LogP) is 2.81. The first kappa shape index (κ1) is 15.9. The lowest BCUT2D eigenvalue weighted by Gasteiger charge is -2.13. The molecule has 0 atom stereocenters. The number of nitrogens with zero attached hydrogens (tertiary/aromatic N) is 1. The number of amides is 3. The van der Waals surface area contributed by atoms with E-state index in [1.165, 1.54) is 0 Å². The van der Waals surface area contributed by atoms with E-state index >= 15 is 0 Å². The molecule has 1 aliphatic rings. The van der Waals surface area contributed by atoms with Crippen LogP contribution < -0.4 is 5.32 Å². The highest BCUT2D eigenvalue weighted by Gasteiger charge is 2.35. The number of carbonyl (C=O) groups excluding carboxylic acids is 3. The Labute approximate surface area is 145 Å². The molecule has 1 aromatic carbocycles. The van der Waals surface area contributed by atoms with Gasteiger partial charge in [-0.2, -0.15) is 11.3 Å². The predicted molar refractivity (Wildman–Crippen MR) is 90.3 cm³/mol. The molecule has 0 fully saturated rings. The Hall–Kier alpha value is -1.99. The first-order valence-corrected chi connectivity index (χ1v) is 8.73. The second kappa shape index (κ2) is 6.64. The SMILES string of the molecule is O=C(CCN1C(=O)c2ccc(Br)cc2C1=O)NCc1ccsc1. The average molecular weight is 393 g/mol. The van der Waals surface area contributed by atoms with Gasteiger partial charge in [0.2, 0.25) is 5.91 Å². The fourth-order valence-corrected chi connectivity index (χ4v) is 3.39. The minimum atomic E-state index is -0.350. The van der Waals surface area contributed by atoms with Crippen molar-refractivity contribution in [3.05, 3.63) is 56.2 Å². The maximum atomic E-state index is 12.3. The third kappa shape index (κ3) is 3.35. The van der Waals surface area contributed by atoms with Crippen LogP contribution in [0.1, 0.15) is 32.7 Å². The number of hydrogen-bond donors (Lipinski definition) is 1. The Morgan fingerprint density at radius 1 is 1.17 bits per heavy atom. The number of fused-ring (bicyclic) bond motifs is 1. The number of imide groups is 1. The number of rotatable bonds is 5. The van der Waals surface area contributed by atoms with Gasteiger partial charge in [0.25, 0.3) is 11.8 Å². The Kier molecular flexibility index (Phi) is 4.58. The molecule has 23 heavy (non-hydrogen) atoms. The van der Waals surface area contributed by atoms with E-state index < -0.39 is 0 Å². The van der Waals surface area contributed by atoms with Crippen LogP contribution in [0.3, 0.4) is 0 Å². The Bertz CT molecular complexity index is 774. The standard InChI is InChI=1S/C16H13BrN2O3S/c17-11-1-2-12-13(7-11)16(22)19(15(12)21)5-3-14(20)18-8-10-4-6-23-9-10/h1-2,4,6-7,9H,3,5,8H2,(H,18,20). The summed E-state index contributed by atoms with van der Waals surface area (Å²) in [6, 6.07) is 6.91. The zero-order chi connectivity index (χ0) is 16.4. The van der Waals surface area contributed by atoms with E-state index in [0.29, 0.717) is 17.7 Å². The topological polar surface area (TPSA) is 66.5 Å². The Balaban J connectivity index is 1.58. The van der Waals surface area contributed by atoms with Crippen molar-refractivity contribution in [2.24, 2.45) is 0 Å². The number of benzene rings is 1. The monoisotopic (exact) mass is 392 g/mol. The first-order valence-electron chi connectivity index (χ1n) is 7.00. The van der Waals surface area contributed by atoms with Gasteiger partial charge in [-0.25, -0.2) is 0 Å². The van der Waals surface area contributed by atoms with Crippen molar-refractivity contribution in [2.75, 3.05) is 6.54 Å². The summed E-state index contributed by atoms with van der Waals surface area (Å²) >= 11 is 4.86. The molecule has 1 N–H and O–H groups in total. The minimum Gasteiger partial charge on any atom is -0.352 e. The number of thiophene rings is 1. The van der Waals surface area contributed by atoms with E-state index in [-0.39, 0.29) is 30.7 Å². The second-order valence-corrected chi connectivity index (χ2v) is 6.81. The van der Waals surface area contributed by atoms with Crippen molar-refractivity contribution in [3.8, 4) is 0 Å². The molecule has 3 amide bonds. The van der Waals surface area contributed by atoms with Crippen molar-refractivity contribution >= 4 is 45.0 Å². The van der Waals surface area contributed by atoms with Crippen LogP contribution in [0.5, 0.6) is 0 Å². The van der Waals surface area contributed by atoms with Crippen LogP contribution >= 0.6 is 27.3 Å². The van der Waals surface area contributed by atoms with E-state index in [1.54, 1.807) is 29.5 Å². The van der Waals surface area contributed by atoms with Gasteiger partial charge in [0, 0.05) is 24.0 Å². The van der Waals surface area contributed by atoms with Crippen molar-refractivity contribution < 1.29 is 14.4 Å². The fraction of sp³-hybridized carbons (Fsp3) is 0.188. The molecule has 2 heterocycles. The Morgan fingerprint density at radius 2 is 1.96 bits per heavy atom. The van der Waals surface area contributed by atoms with E-state index in [0.717, 1.165) is 14.9 Å². The molecule has 0 bridgehead atoms.